The topological polar surface area (TPSA) is 45.7 Å². The third-order valence-electron chi connectivity index (χ3n) is 3.52. The summed E-state index contributed by atoms with van der Waals surface area (Å²) in [7, 11) is 1.82. The third-order valence-corrected chi connectivity index (χ3v) is 3.52. The molecule has 0 aromatic heterocycles. The van der Waals surface area contributed by atoms with Crippen molar-refractivity contribution in [2.45, 2.75) is 59.4 Å². The van der Waals surface area contributed by atoms with E-state index in [4.69, 9.17) is 4.74 Å². The molecular formula is C16H34IN3O. The average Bonchev–Trinajstić information content (AvgIpc) is 3.17. The molecule has 1 rings (SSSR count). The highest BCUT2D eigenvalue weighted by Gasteiger charge is 2.20. The number of nitrogens with one attached hydrogen (secondary N) is 2. The summed E-state index contributed by atoms with van der Waals surface area (Å²) in [4.78, 5) is 4.26. The van der Waals surface area contributed by atoms with Crippen LogP contribution in [0.4, 0.5) is 0 Å². The Morgan fingerprint density at radius 3 is 2.52 bits per heavy atom. The first kappa shape index (κ1) is 21.0. The Hall–Kier alpha value is -0.0400. The van der Waals surface area contributed by atoms with E-state index in [1.54, 1.807) is 0 Å². The minimum absolute atomic E-state index is 0. The lowest BCUT2D eigenvalue weighted by Gasteiger charge is -2.23. The van der Waals surface area contributed by atoms with Gasteiger partial charge in [-0.1, -0.05) is 20.8 Å². The molecule has 0 aliphatic heterocycles. The van der Waals surface area contributed by atoms with Crippen molar-refractivity contribution >= 4 is 29.9 Å². The van der Waals surface area contributed by atoms with Crippen LogP contribution in [0.5, 0.6) is 0 Å². The first-order valence-electron chi connectivity index (χ1n) is 7.95. The van der Waals surface area contributed by atoms with E-state index < -0.39 is 0 Å². The highest BCUT2D eigenvalue weighted by Crippen LogP contribution is 2.28. The highest BCUT2D eigenvalue weighted by atomic mass is 127. The van der Waals surface area contributed by atoms with Crippen molar-refractivity contribution in [1.29, 1.82) is 0 Å². The van der Waals surface area contributed by atoms with Crippen LogP contribution >= 0.6 is 24.0 Å². The summed E-state index contributed by atoms with van der Waals surface area (Å²) in [5, 5.41) is 6.74. The summed E-state index contributed by atoms with van der Waals surface area (Å²) in [6.07, 6.45) is 5.06. The number of guanidine groups is 1. The standard InChI is InChI=1S/C16H33N3O.HI/c1-13(8-9-16(2,3)4)19-15(17-5)18-10-11-20-12-14-6-7-14;/h13-14H,6-12H2,1-5H3,(H2,17,18,19);1H. The summed E-state index contributed by atoms with van der Waals surface area (Å²) in [6, 6.07) is 0.438. The molecule has 1 aliphatic rings. The van der Waals surface area contributed by atoms with Gasteiger partial charge in [0, 0.05) is 26.2 Å². The van der Waals surface area contributed by atoms with Crippen molar-refractivity contribution in [2.75, 3.05) is 26.8 Å². The maximum absolute atomic E-state index is 5.60. The van der Waals surface area contributed by atoms with Gasteiger partial charge in [-0.2, -0.15) is 0 Å². The molecule has 1 atom stereocenters. The number of ether oxygens (including phenoxy) is 1. The van der Waals surface area contributed by atoms with E-state index in [1.165, 1.54) is 19.3 Å². The van der Waals surface area contributed by atoms with Crippen LogP contribution in [-0.2, 0) is 4.74 Å². The van der Waals surface area contributed by atoms with Gasteiger partial charge in [0.05, 0.1) is 6.61 Å². The van der Waals surface area contributed by atoms with Gasteiger partial charge in [0.1, 0.15) is 0 Å². The predicted molar refractivity (Wildman–Crippen MR) is 102 cm³/mol. The van der Waals surface area contributed by atoms with Crippen molar-refractivity contribution in [2.24, 2.45) is 16.3 Å². The van der Waals surface area contributed by atoms with Crippen LogP contribution in [0.25, 0.3) is 0 Å². The molecule has 1 aliphatic carbocycles. The van der Waals surface area contributed by atoms with Crippen LogP contribution in [0.3, 0.4) is 0 Å². The Bertz CT molecular complexity index is 298. The van der Waals surface area contributed by atoms with Crippen molar-refractivity contribution in [3.8, 4) is 0 Å². The number of halogens is 1. The molecule has 5 heteroatoms. The molecule has 2 N–H and O–H groups in total. The first-order valence-corrected chi connectivity index (χ1v) is 7.95. The Kier molecular flexibility index (Phi) is 10.6. The van der Waals surface area contributed by atoms with Gasteiger partial charge in [-0.05, 0) is 43.9 Å². The van der Waals surface area contributed by atoms with Gasteiger partial charge in [0.25, 0.3) is 0 Å². The zero-order valence-electron chi connectivity index (χ0n) is 14.4. The molecule has 21 heavy (non-hydrogen) atoms. The van der Waals surface area contributed by atoms with Crippen LogP contribution in [0.15, 0.2) is 4.99 Å². The molecule has 0 bridgehead atoms. The summed E-state index contributed by atoms with van der Waals surface area (Å²) in [5.74, 6) is 1.71. The van der Waals surface area contributed by atoms with Crippen LogP contribution < -0.4 is 10.6 Å². The molecule has 1 saturated carbocycles. The normalized spacial score (nSPS) is 17.1. The van der Waals surface area contributed by atoms with E-state index in [2.05, 4.69) is 43.3 Å². The lowest BCUT2D eigenvalue weighted by molar-refractivity contribution is 0.129. The zero-order chi connectivity index (χ0) is 15.0. The van der Waals surface area contributed by atoms with E-state index in [-0.39, 0.29) is 24.0 Å². The second kappa shape index (κ2) is 10.6. The van der Waals surface area contributed by atoms with Gasteiger partial charge < -0.3 is 15.4 Å². The van der Waals surface area contributed by atoms with E-state index in [0.717, 1.165) is 38.1 Å². The van der Waals surface area contributed by atoms with Crippen molar-refractivity contribution < 1.29 is 4.74 Å². The Labute approximate surface area is 147 Å². The first-order chi connectivity index (χ1) is 9.40. The second-order valence-corrected chi connectivity index (χ2v) is 7.16. The number of rotatable bonds is 8. The van der Waals surface area contributed by atoms with Gasteiger partial charge in [-0.15, -0.1) is 24.0 Å². The molecule has 0 amide bonds. The summed E-state index contributed by atoms with van der Waals surface area (Å²) in [6.45, 7) is 11.6. The summed E-state index contributed by atoms with van der Waals surface area (Å²) >= 11 is 0. The van der Waals surface area contributed by atoms with Gasteiger partial charge in [0.15, 0.2) is 5.96 Å². The molecule has 126 valence electrons. The minimum Gasteiger partial charge on any atom is -0.379 e. The minimum atomic E-state index is 0. The number of hydrogen-bond donors (Lipinski definition) is 2. The van der Waals surface area contributed by atoms with Crippen LogP contribution in [0, 0.1) is 11.3 Å². The lowest BCUT2D eigenvalue weighted by Crippen LogP contribution is -2.43. The SMILES string of the molecule is CN=C(NCCOCC1CC1)NC(C)CCC(C)(C)C.I. The number of aliphatic imine (C=N–C) groups is 1. The van der Waals surface area contributed by atoms with Crippen LogP contribution in [0.2, 0.25) is 0 Å². The maximum Gasteiger partial charge on any atom is 0.191 e. The largest absolute Gasteiger partial charge is 0.379 e. The quantitative estimate of drug-likeness (QED) is 0.279. The molecule has 0 aromatic carbocycles. The fourth-order valence-electron chi connectivity index (χ4n) is 1.93. The average molecular weight is 411 g/mol. The Morgan fingerprint density at radius 1 is 1.33 bits per heavy atom. The maximum atomic E-state index is 5.60. The van der Waals surface area contributed by atoms with Crippen LogP contribution in [0.1, 0.15) is 53.4 Å². The van der Waals surface area contributed by atoms with Gasteiger partial charge >= 0.3 is 0 Å². The third kappa shape index (κ3) is 12.2. The number of hydrogen-bond acceptors (Lipinski definition) is 2. The molecule has 1 unspecified atom stereocenters. The molecule has 1 fully saturated rings. The van der Waals surface area contributed by atoms with E-state index >= 15 is 0 Å². The highest BCUT2D eigenvalue weighted by molar-refractivity contribution is 14.0. The zero-order valence-corrected chi connectivity index (χ0v) is 16.7. The van der Waals surface area contributed by atoms with E-state index in [1.807, 2.05) is 7.05 Å². The van der Waals surface area contributed by atoms with E-state index in [0.29, 0.717) is 11.5 Å². The van der Waals surface area contributed by atoms with Crippen molar-refractivity contribution in [3.63, 3.8) is 0 Å². The second-order valence-electron chi connectivity index (χ2n) is 7.16. The molecule has 0 spiro atoms. The van der Waals surface area contributed by atoms with Gasteiger partial charge in [-0.25, -0.2) is 0 Å². The molecule has 0 saturated heterocycles. The molecule has 0 radical (unpaired) electrons. The lowest BCUT2D eigenvalue weighted by atomic mass is 9.89. The molecular weight excluding hydrogens is 377 g/mol. The smallest absolute Gasteiger partial charge is 0.191 e. The van der Waals surface area contributed by atoms with E-state index in [9.17, 15) is 0 Å². The van der Waals surface area contributed by atoms with Crippen LogP contribution in [-0.4, -0.2) is 38.8 Å². The van der Waals surface area contributed by atoms with Crippen molar-refractivity contribution in [1.82, 2.24) is 10.6 Å². The van der Waals surface area contributed by atoms with Crippen molar-refractivity contribution in [3.05, 3.63) is 0 Å². The number of nitrogens with zero attached hydrogens (tertiary/aromatic N) is 1. The van der Waals surface area contributed by atoms with Gasteiger partial charge in [-0.3, -0.25) is 4.99 Å². The van der Waals surface area contributed by atoms with Gasteiger partial charge in [0.2, 0.25) is 0 Å². The monoisotopic (exact) mass is 411 g/mol. The fourth-order valence-corrected chi connectivity index (χ4v) is 1.93. The molecule has 4 nitrogen and oxygen atoms in total. The summed E-state index contributed by atoms with van der Waals surface area (Å²) in [5.41, 5.74) is 0.392. The molecule has 0 aromatic rings. The summed E-state index contributed by atoms with van der Waals surface area (Å²) < 4.78 is 5.60. The Morgan fingerprint density at radius 2 is 2.00 bits per heavy atom. The fraction of sp³-hybridized carbons (Fsp3) is 0.938. The molecule has 0 heterocycles. The predicted octanol–water partition coefficient (Wildman–Crippen LogP) is 3.41. The Balaban J connectivity index is 0.00000400.